The number of anilines is 1. The maximum Gasteiger partial charge on any atom is 0.232 e. The van der Waals surface area contributed by atoms with E-state index in [1.807, 2.05) is 18.5 Å². The van der Waals surface area contributed by atoms with Gasteiger partial charge in [-0.1, -0.05) is 0 Å². The van der Waals surface area contributed by atoms with Crippen LogP contribution in [0.15, 0.2) is 41.5 Å². The highest BCUT2D eigenvalue weighted by molar-refractivity contribution is 9.10. The molecule has 0 saturated carbocycles. The summed E-state index contributed by atoms with van der Waals surface area (Å²) in [6.07, 6.45) is 9.71. The zero-order valence-electron chi connectivity index (χ0n) is 10.9. The molecule has 1 unspecified atom stereocenters. The van der Waals surface area contributed by atoms with Crippen LogP contribution in [0.1, 0.15) is 6.42 Å². The summed E-state index contributed by atoms with van der Waals surface area (Å²) in [5.74, 6) is 1.10. The monoisotopic (exact) mass is 334 g/mol. The van der Waals surface area contributed by atoms with E-state index in [4.69, 9.17) is 4.74 Å². The lowest BCUT2D eigenvalue weighted by Crippen LogP contribution is -2.22. The van der Waals surface area contributed by atoms with Gasteiger partial charge in [-0.15, -0.1) is 0 Å². The quantitative estimate of drug-likeness (QED) is 0.859. The van der Waals surface area contributed by atoms with Gasteiger partial charge in [0.05, 0.1) is 23.0 Å². The minimum Gasteiger partial charge on any atom is -0.476 e. The Bertz CT molecular complexity index is 566. The molecule has 0 bridgehead atoms. The van der Waals surface area contributed by atoms with Gasteiger partial charge in [0.1, 0.15) is 0 Å². The van der Waals surface area contributed by atoms with Crippen molar-refractivity contribution in [1.29, 1.82) is 0 Å². The van der Waals surface area contributed by atoms with Gasteiger partial charge in [0.2, 0.25) is 5.88 Å². The van der Waals surface area contributed by atoms with E-state index in [1.165, 1.54) is 5.69 Å². The van der Waals surface area contributed by atoms with E-state index in [-0.39, 0.29) is 0 Å². The molecule has 1 fully saturated rings. The van der Waals surface area contributed by atoms with E-state index >= 15 is 0 Å². The molecule has 0 aliphatic carbocycles. The van der Waals surface area contributed by atoms with Gasteiger partial charge in [-0.05, 0) is 28.4 Å². The van der Waals surface area contributed by atoms with Gasteiger partial charge in [-0.25, -0.2) is 4.98 Å². The topological polar surface area (TPSA) is 51.1 Å². The lowest BCUT2D eigenvalue weighted by molar-refractivity contribution is 0.251. The fourth-order valence-electron chi connectivity index (χ4n) is 2.37. The van der Waals surface area contributed by atoms with Gasteiger partial charge in [-0.3, -0.25) is 9.97 Å². The average Bonchev–Trinajstić information content (AvgIpc) is 2.95. The number of pyridine rings is 1. The molecule has 1 aliphatic rings. The van der Waals surface area contributed by atoms with Gasteiger partial charge < -0.3 is 9.64 Å². The average molecular weight is 335 g/mol. The molecule has 3 rings (SSSR count). The van der Waals surface area contributed by atoms with Crippen LogP contribution in [0, 0.1) is 5.92 Å². The van der Waals surface area contributed by atoms with Gasteiger partial charge in [-0.2, -0.15) is 0 Å². The molecule has 5 nitrogen and oxygen atoms in total. The Labute approximate surface area is 126 Å². The second kappa shape index (κ2) is 6.17. The van der Waals surface area contributed by atoms with Gasteiger partial charge in [0.25, 0.3) is 0 Å². The molecule has 20 heavy (non-hydrogen) atoms. The number of halogens is 1. The van der Waals surface area contributed by atoms with E-state index in [1.54, 1.807) is 18.6 Å². The van der Waals surface area contributed by atoms with E-state index in [2.05, 4.69) is 35.8 Å². The number of hydrogen-bond acceptors (Lipinski definition) is 5. The smallest absolute Gasteiger partial charge is 0.232 e. The molecule has 1 aliphatic heterocycles. The summed E-state index contributed by atoms with van der Waals surface area (Å²) < 4.78 is 6.72. The Morgan fingerprint density at radius 3 is 2.95 bits per heavy atom. The Balaban J connectivity index is 1.56. The summed E-state index contributed by atoms with van der Waals surface area (Å²) in [6.45, 7) is 2.71. The van der Waals surface area contributed by atoms with E-state index in [0.717, 1.165) is 24.0 Å². The van der Waals surface area contributed by atoms with Gasteiger partial charge in [0, 0.05) is 43.8 Å². The lowest BCUT2D eigenvalue weighted by atomic mass is 10.1. The Morgan fingerprint density at radius 2 is 2.15 bits per heavy atom. The highest BCUT2D eigenvalue weighted by Gasteiger charge is 2.24. The summed E-state index contributed by atoms with van der Waals surface area (Å²) in [4.78, 5) is 14.6. The molecule has 104 valence electrons. The Hall–Kier alpha value is -1.69. The number of nitrogens with zero attached hydrogens (tertiary/aromatic N) is 4. The molecule has 3 heterocycles. The predicted molar refractivity (Wildman–Crippen MR) is 79.8 cm³/mol. The molecule has 0 spiro atoms. The second-order valence-corrected chi connectivity index (χ2v) is 5.64. The summed E-state index contributed by atoms with van der Waals surface area (Å²) in [7, 11) is 0. The first-order chi connectivity index (χ1) is 9.83. The van der Waals surface area contributed by atoms with Crippen molar-refractivity contribution < 1.29 is 4.74 Å². The molecular formula is C14H15BrN4O. The molecule has 1 saturated heterocycles. The standard InChI is InChI=1S/C14H15BrN4O/c15-12-7-16-3-1-13(12)19-6-2-11(9-19)10-20-14-8-17-4-5-18-14/h1,3-5,7-8,11H,2,6,9-10H2. The highest BCUT2D eigenvalue weighted by atomic mass is 79.9. The first kappa shape index (κ1) is 13.3. The van der Waals surface area contributed by atoms with Crippen LogP contribution in [0.3, 0.4) is 0 Å². The largest absolute Gasteiger partial charge is 0.476 e. The minimum absolute atomic E-state index is 0.511. The van der Waals surface area contributed by atoms with E-state index < -0.39 is 0 Å². The van der Waals surface area contributed by atoms with Crippen LogP contribution in [0.25, 0.3) is 0 Å². The van der Waals surface area contributed by atoms with Crippen LogP contribution in [0.2, 0.25) is 0 Å². The maximum atomic E-state index is 5.68. The van der Waals surface area contributed by atoms with Crippen molar-refractivity contribution in [2.45, 2.75) is 6.42 Å². The van der Waals surface area contributed by atoms with Crippen molar-refractivity contribution in [2.75, 3.05) is 24.6 Å². The van der Waals surface area contributed by atoms with Crippen LogP contribution in [0.5, 0.6) is 5.88 Å². The van der Waals surface area contributed by atoms with Gasteiger partial charge >= 0.3 is 0 Å². The molecule has 2 aromatic heterocycles. The van der Waals surface area contributed by atoms with Crippen molar-refractivity contribution in [3.8, 4) is 5.88 Å². The third kappa shape index (κ3) is 3.07. The molecule has 0 N–H and O–H groups in total. The molecular weight excluding hydrogens is 320 g/mol. The number of aromatic nitrogens is 3. The van der Waals surface area contributed by atoms with Crippen LogP contribution < -0.4 is 9.64 Å². The fraction of sp³-hybridized carbons (Fsp3) is 0.357. The molecule has 1 atom stereocenters. The van der Waals surface area contributed by atoms with E-state index in [0.29, 0.717) is 18.4 Å². The highest BCUT2D eigenvalue weighted by Crippen LogP contribution is 2.29. The summed E-state index contributed by atoms with van der Waals surface area (Å²) in [5.41, 5.74) is 1.20. The van der Waals surface area contributed by atoms with Crippen molar-refractivity contribution in [3.63, 3.8) is 0 Å². The first-order valence-corrected chi connectivity index (χ1v) is 7.35. The van der Waals surface area contributed by atoms with Crippen molar-refractivity contribution >= 4 is 21.6 Å². The van der Waals surface area contributed by atoms with Crippen LogP contribution in [-0.4, -0.2) is 34.6 Å². The van der Waals surface area contributed by atoms with Crippen molar-refractivity contribution in [2.24, 2.45) is 5.92 Å². The molecule has 0 radical (unpaired) electrons. The molecule has 0 amide bonds. The van der Waals surface area contributed by atoms with Crippen molar-refractivity contribution in [3.05, 3.63) is 41.5 Å². The number of ether oxygens (including phenoxy) is 1. The lowest BCUT2D eigenvalue weighted by Gasteiger charge is -2.19. The van der Waals surface area contributed by atoms with Crippen molar-refractivity contribution in [1.82, 2.24) is 15.0 Å². The van der Waals surface area contributed by atoms with Crippen LogP contribution in [-0.2, 0) is 0 Å². The first-order valence-electron chi connectivity index (χ1n) is 6.56. The second-order valence-electron chi connectivity index (χ2n) is 4.78. The molecule has 0 aromatic carbocycles. The number of rotatable bonds is 4. The zero-order valence-corrected chi connectivity index (χ0v) is 12.5. The molecule has 2 aromatic rings. The number of hydrogen-bond donors (Lipinski definition) is 0. The Kier molecular flexibility index (Phi) is 4.11. The summed E-state index contributed by atoms with van der Waals surface area (Å²) in [6, 6.07) is 2.04. The SMILES string of the molecule is Brc1cnccc1N1CCC(COc2cnccn2)C1. The maximum absolute atomic E-state index is 5.68. The van der Waals surface area contributed by atoms with Crippen LogP contribution in [0.4, 0.5) is 5.69 Å². The fourth-order valence-corrected chi connectivity index (χ4v) is 2.88. The normalized spacial score (nSPS) is 18.2. The molecule has 6 heteroatoms. The zero-order chi connectivity index (χ0) is 13.8. The third-order valence-corrected chi connectivity index (χ3v) is 3.99. The summed E-state index contributed by atoms with van der Waals surface area (Å²) in [5, 5.41) is 0. The predicted octanol–water partition coefficient (Wildman–Crippen LogP) is 2.54. The minimum atomic E-state index is 0.511. The summed E-state index contributed by atoms with van der Waals surface area (Å²) >= 11 is 3.55. The Morgan fingerprint density at radius 1 is 1.25 bits per heavy atom. The van der Waals surface area contributed by atoms with Gasteiger partial charge in [0.15, 0.2) is 0 Å². The van der Waals surface area contributed by atoms with Crippen LogP contribution >= 0.6 is 15.9 Å². The third-order valence-electron chi connectivity index (χ3n) is 3.38. The van der Waals surface area contributed by atoms with E-state index in [9.17, 15) is 0 Å².